The molecule has 1 unspecified atom stereocenters. The van der Waals surface area contributed by atoms with Gasteiger partial charge in [-0.3, -0.25) is 4.98 Å². The van der Waals surface area contributed by atoms with Crippen LogP contribution < -0.4 is 10.2 Å². The molecule has 0 aliphatic carbocycles. The van der Waals surface area contributed by atoms with Gasteiger partial charge in [0.25, 0.3) is 0 Å². The van der Waals surface area contributed by atoms with E-state index in [1.807, 2.05) is 19.2 Å². The number of nitrogens with zero attached hydrogens (tertiary/aromatic N) is 2. The molecule has 4 heteroatoms. The first-order valence-corrected chi connectivity index (χ1v) is 5.79. The quantitative estimate of drug-likeness (QED) is 0.828. The van der Waals surface area contributed by atoms with Gasteiger partial charge >= 0.3 is 0 Å². The summed E-state index contributed by atoms with van der Waals surface area (Å²) < 4.78 is 5.69. The molecule has 0 saturated carbocycles. The Hall–Kier alpha value is -1.13. The van der Waals surface area contributed by atoms with Crippen molar-refractivity contribution in [3.8, 4) is 0 Å². The number of hydrogen-bond acceptors (Lipinski definition) is 4. The third kappa shape index (κ3) is 2.71. The smallest absolute Gasteiger partial charge is 0.119 e. The maximum Gasteiger partial charge on any atom is 0.119 e. The van der Waals surface area contributed by atoms with Crippen LogP contribution in [0.15, 0.2) is 18.3 Å². The third-order valence-electron chi connectivity index (χ3n) is 2.77. The van der Waals surface area contributed by atoms with Crippen molar-refractivity contribution in [3.63, 3.8) is 0 Å². The second kappa shape index (κ2) is 5.27. The van der Waals surface area contributed by atoms with Crippen molar-refractivity contribution in [2.75, 3.05) is 31.3 Å². The minimum Gasteiger partial charge on any atom is -0.355 e. The Morgan fingerprint density at radius 1 is 1.56 bits per heavy atom. The summed E-state index contributed by atoms with van der Waals surface area (Å²) in [7, 11) is 0. The molecule has 1 aliphatic heterocycles. The van der Waals surface area contributed by atoms with Crippen LogP contribution in [0.4, 0.5) is 5.69 Å². The van der Waals surface area contributed by atoms with Crippen LogP contribution in [0.1, 0.15) is 12.6 Å². The largest absolute Gasteiger partial charge is 0.355 e. The van der Waals surface area contributed by atoms with Crippen molar-refractivity contribution in [3.05, 3.63) is 24.0 Å². The van der Waals surface area contributed by atoms with E-state index in [-0.39, 0.29) is 0 Å². The van der Waals surface area contributed by atoms with Gasteiger partial charge in [-0.1, -0.05) is 6.92 Å². The van der Waals surface area contributed by atoms with Crippen molar-refractivity contribution >= 4 is 5.69 Å². The van der Waals surface area contributed by atoms with E-state index in [0.29, 0.717) is 12.8 Å². The topological polar surface area (TPSA) is 37.4 Å². The number of ether oxygens (including phenoxy) is 1. The molecule has 1 aromatic rings. The second-order valence-corrected chi connectivity index (χ2v) is 4.11. The average molecular weight is 221 g/mol. The average Bonchev–Trinajstić information content (AvgIpc) is 2.76. The van der Waals surface area contributed by atoms with Crippen LogP contribution in [-0.4, -0.2) is 37.5 Å². The zero-order valence-corrected chi connectivity index (χ0v) is 9.94. The molecule has 1 fully saturated rings. The number of aryl methyl sites for hydroxylation is 1. The summed E-state index contributed by atoms with van der Waals surface area (Å²) >= 11 is 0. The molecule has 88 valence electrons. The Labute approximate surface area is 96.6 Å². The molecule has 0 bridgehead atoms. The van der Waals surface area contributed by atoms with Gasteiger partial charge in [0.1, 0.15) is 6.73 Å². The molecule has 0 amide bonds. The number of rotatable bonds is 4. The first-order chi connectivity index (χ1) is 7.79. The molecule has 1 aliphatic rings. The molecule has 2 heterocycles. The summed E-state index contributed by atoms with van der Waals surface area (Å²) in [6.45, 7) is 7.63. The minimum absolute atomic E-state index is 0.293. The highest BCUT2D eigenvalue weighted by Crippen LogP contribution is 2.18. The predicted molar refractivity (Wildman–Crippen MR) is 64.6 cm³/mol. The van der Waals surface area contributed by atoms with Crippen molar-refractivity contribution in [2.45, 2.75) is 20.0 Å². The van der Waals surface area contributed by atoms with E-state index in [0.717, 1.165) is 31.0 Å². The van der Waals surface area contributed by atoms with E-state index < -0.39 is 0 Å². The van der Waals surface area contributed by atoms with E-state index in [1.165, 1.54) is 0 Å². The predicted octanol–water partition coefficient (Wildman–Crippen LogP) is 1.16. The minimum atomic E-state index is 0.293. The van der Waals surface area contributed by atoms with E-state index >= 15 is 0 Å². The lowest BCUT2D eigenvalue weighted by Crippen LogP contribution is -2.30. The summed E-state index contributed by atoms with van der Waals surface area (Å²) in [6.07, 6.45) is 2.20. The summed E-state index contributed by atoms with van der Waals surface area (Å²) in [5.41, 5.74) is 2.19. The van der Waals surface area contributed by atoms with Gasteiger partial charge < -0.3 is 15.0 Å². The van der Waals surface area contributed by atoms with Gasteiger partial charge in [-0.05, 0) is 25.6 Å². The molecular weight excluding hydrogens is 202 g/mol. The molecule has 4 nitrogen and oxygen atoms in total. The Balaban J connectivity index is 1.90. The number of likely N-dealkylation sites (N-methyl/N-ethyl adjacent to an activating group) is 1. The third-order valence-corrected chi connectivity index (χ3v) is 2.77. The van der Waals surface area contributed by atoms with E-state index in [9.17, 15) is 0 Å². The zero-order valence-electron chi connectivity index (χ0n) is 9.94. The maximum absolute atomic E-state index is 5.69. The van der Waals surface area contributed by atoms with E-state index in [2.05, 4.69) is 28.2 Å². The Morgan fingerprint density at radius 2 is 2.44 bits per heavy atom. The van der Waals surface area contributed by atoms with Gasteiger partial charge in [-0.15, -0.1) is 0 Å². The lowest BCUT2D eigenvalue weighted by molar-refractivity contribution is 0.116. The molecule has 0 radical (unpaired) electrons. The van der Waals surface area contributed by atoms with Gasteiger partial charge in [0.05, 0.1) is 18.0 Å². The van der Waals surface area contributed by atoms with Crippen LogP contribution in [0.2, 0.25) is 0 Å². The van der Waals surface area contributed by atoms with E-state index in [1.54, 1.807) is 0 Å². The van der Waals surface area contributed by atoms with Crippen molar-refractivity contribution in [2.24, 2.45) is 0 Å². The summed E-state index contributed by atoms with van der Waals surface area (Å²) in [6, 6.07) is 4.13. The fourth-order valence-corrected chi connectivity index (χ4v) is 1.80. The lowest BCUT2D eigenvalue weighted by atomic mass is 10.3. The molecule has 1 aromatic heterocycles. The number of pyridine rings is 1. The Bertz CT molecular complexity index is 326. The van der Waals surface area contributed by atoms with Crippen LogP contribution in [0.3, 0.4) is 0 Å². The Kier molecular flexibility index (Phi) is 3.74. The molecule has 2 rings (SSSR count). The van der Waals surface area contributed by atoms with Gasteiger partial charge in [-0.2, -0.15) is 0 Å². The standard InChI is InChI=1S/C12H19N3O/c1-3-13-7-12-8-15(9-16-12)11-5-4-10(2)14-6-11/h4-6,12-13H,3,7-9H2,1-2H3. The van der Waals surface area contributed by atoms with Crippen LogP contribution in [0, 0.1) is 6.92 Å². The number of aromatic nitrogens is 1. The highest BCUT2D eigenvalue weighted by Gasteiger charge is 2.22. The number of anilines is 1. The maximum atomic E-state index is 5.69. The molecule has 0 aromatic carbocycles. The van der Waals surface area contributed by atoms with Crippen LogP contribution in [-0.2, 0) is 4.74 Å². The van der Waals surface area contributed by atoms with Crippen molar-refractivity contribution in [1.29, 1.82) is 0 Å². The van der Waals surface area contributed by atoms with Crippen LogP contribution in [0.25, 0.3) is 0 Å². The molecule has 1 saturated heterocycles. The van der Waals surface area contributed by atoms with Crippen molar-refractivity contribution in [1.82, 2.24) is 10.3 Å². The van der Waals surface area contributed by atoms with Crippen molar-refractivity contribution < 1.29 is 4.74 Å². The van der Waals surface area contributed by atoms with Gasteiger partial charge in [0.15, 0.2) is 0 Å². The second-order valence-electron chi connectivity index (χ2n) is 4.11. The van der Waals surface area contributed by atoms with Gasteiger partial charge in [-0.25, -0.2) is 0 Å². The summed E-state index contributed by atoms with van der Waals surface area (Å²) in [4.78, 5) is 6.51. The van der Waals surface area contributed by atoms with Gasteiger partial charge in [0, 0.05) is 18.8 Å². The highest BCUT2D eigenvalue weighted by molar-refractivity contribution is 5.44. The number of nitrogens with one attached hydrogen (secondary N) is 1. The molecule has 0 spiro atoms. The first-order valence-electron chi connectivity index (χ1n) is 5.79. The fourth-order valence-electron chi connectivity index (χ4n) is 1.80. The molecule has 1 N–H and O–H groups in total. The monoisotopic (exact) mass is 221 g/mol. The SMILES string of the molecule is CCNCC1CN(c2ccc(C)nc2)CO1. The van der Waals surface area contributed by atoms with Crippen LogP contribution >= 0.6 is 0 Å². The van der Waals surface area contributed by atoms with Gasteiger partial charge in [0.2, 0.25) is 0 Å². The Morgan fingerprint density at radius 3 is 3.12 bits per heavy atom. The normalized spacial score (nSPS) is 20.4. The number of hydrogen-bond donors (Lipinski definition) is 1. The highest BCUT2D eigenvalue weighted by atomic mass is 16.5. The molecule has 16 heavy (non-hydrogen) atoms. The first kappa shape index (κ1) is 11.4. The summed E-state index contributed by atoms with van der Waals surface area (Å²) in [5, 5.41) is 3.30. The lowest BCUT2D eigenvalue weighted by Gasteiger charge is -2.15. The molecular formula is C12H19N3O. The van der Waals surface area contributed by atoms with Crippen LogP contribution in [0.5, 0.6) is 0 Å². The van der Waals surface area contributed by atoms with E-state index in [4.69, 9.17) is 4.74 Å². The fraction of sp³-hybridized carbons (Fsp3) is 0.583. The zero-order chi connectivity index (χ0) is 11.4. The molecule has 1 atom stereocenters. The summed E-state index contributed by atoms with van der Waals surface area (Å²) in [5.74, 6) is 0.